The van der Waals surface area contributed by atoms with Gasteiger partial charge in [0.2, 0.25) is 5.91 Å². The fraction of sp³-hybridized carbons (Fsp3) is 0.562. The molecule has 1 saturated heterocycles. The molecule has 1 heterocycles. The number of amides is 1. The second kappa shape index (κ2) is 11.2. The van der Waals surface area contributed by atoms with E-state index in [1.54, 1.807) is 0 Å². The minimum Gasteiger partial charge on any atom is -0.330 e. The largest absolute Gasteiger partial charge is 0.330 e. The Hall–Kier alpha value is -0.460. The maximum absolute atomic E-state index is 12.0. The number of nitrogens with one attached hydrogen (secondary N) is 1. The summed E-state index contributed by atoms with van der Waals surface area (Å²) < 4.78 is 0. The van der Waals surface area contributed by atoms with E-state index in [4.69, 9.17) is 5.73 Å². The highest BCUT2D eigenvalue weighted by atomic mass is 35.5. The minimum absolute atomic E-state index is 0. The van der Waals surface area contributed by atoms with Crippen LogP contribution in [-0.2, 0) is 11.3 Å². The van der Waals surface area contributed by atoms with Crippen molar-refractivity contribution in [2.24, 2.45) is 11.7 Å². The third kappa shape index (κ3) is 6.89. The number of carbonyl (C=O) groups is 1. The monoisotopic (exact) mass is 379 g/mol. The molecule has 0 aromatic heterocycles. The molecule has 7 heteroatoms. The quantitative estimate of drug-likeness (QED) is 0.825. The van der Waals surface area contributed by atoms with Crippen LogP contribution in [0.1, 0.15) is 18.1 Å². The van der Waals surface area contributed by atoms with Gasteiger partial charge < -0.3 is 11.1 Å². The van der Waals surface area contributed by atoms with E-state index in [9.17, 15) is 4.79 Å². The van der Waals surface area contributed by atoms with Crippen molar-refractivity contribution in [3.63, 3.8) is 0 Å². The van der Waals surface area contributed by atoms with Crippen LogP contribution in [0.5, 0.6) is 0 Å². The number of nitrogens with zero attached hydrogens (tertiary/aromatic N) is 1. The van der Waals surface area contributed by atoms with Crippen LogP contribution in [0.2, 0.25) is 0 Å². The molecule has 1 amide bonds. The normalized spacial score (nSPS) is 16.0. The van der Waals surface area contributed by atoms with Crippen LogP contribution in [0.3, 0.4) is 0 Å². The molecule has 2 rings (SSSR count). The number of halogens is 2. The van der Waals surface area contributed by atoms with Crippen molar-refractivity contribution in [3.05, 3.63) is 29.3 Å². The molecule has 1 unspecified atom stereocenters. The summed E-state index contributed by atoms with van der Waals surface area (Å²) in [5, 5.41) is 3.00. The molecule has 0 aliphatic carbocycles. The van der Waals surface area contributed by atoms with Crippen molar-refractivity contribution in [3.8, 4) is 0 Å². The summed E-state index contributed by atoms with van der Waals surface area (Å²) in [6.07, 6.45) is 0. The summed E-state index contributed by atoms with van der Waals surface area (Å²) in [6.45, 7) is 7.48. The van der Waals surface area contributed by atoms with E-state index in [-0.39, 0.29) is 36.6 Å². The third-order valence-corrected chi connectivity index (χ3v) is 4.81. The fourth-order valence-electron chi connectivity index (χ4n) is 2.28. The van der Waals surface area contributed by atoms with Crippen LogP contribution in [-0.4, -0.2) is 41.9 Å². The van der Waals surface area contributed by atoms with Crippen LogP contribution < -0.4 is 11.1 Å². The van der Waals surface area contributed by atoms with Gasteiger partial charge in [0.05, 0.1) is 0 Å². The Balaban J connectivity index is 0.00000242. The maximum Gasteiger partial charge on any atom is 0.228 e. The van der Waals surface area contributed by atoms with Crippen LogP contribution in [0.25, 0.3) is 0 Å². The van der Waals surface area contributed by atoms with Gasteiger partial charge in [-0.05, 0) is 24.1 Å². The Kier molecular flexibility index (Phi) is 10.9. The van der Waals surface area contributed by atoms with Gasteiger partial charge in [-0.25, -0.2) is 0 Å². The van der Waals surface area contributed by atoms with Crippen LogP contribution in [0.15, 0.2) is 18.2 Å². The Bertz CT molecular complexity index is 496. The van der Waals surface area contributed by atoms with Gasteiger partial charge >= 0.3 is 0 Å². The van der Waals surface area contributed by atoms with E-state index in [1.165, 1.54) is 17.1 Å². The number of benzene rings is 1. The summed E-state index contributed by atoms with van der Waals surface area (Å²) >= 11 is 2.02. The highest BCUT2D eigenvalue weighted by Crippen LogP contribution is 2.20. The summed E-state index contributed by atoms with van der Waals surface area (Å²) in [4.78, 5) is 14.5. The molecule has 0 bridgehead atoms. The first-order chi connectivity index (χ1) is 10.1. The molecule has 1 atom stereocenters. The number of anilines is 1. The van der Waals surface area contributed by atoms with Crippen molar-refractivity contribution < 1.29 is 4.79 Å². The summed E-state index contributed by atoms with van der Waals surface area (Å²) in [7, 11) is 0. The van der Waals surface area contributed by atoms with Crippen LogP contribution in [0.4, 0.5) is 5.69 Å². The average Bonchev–Trinajstić information content (AvgIpc) is 2.50. The first-order valence-electron chi connectivity index (χ1n) is 7.50. The van der Waals surface area contributed by atoms with Gasteiger partial charge in [0.1, 0.15) is 0 Å². The molecule has 0 saturated carbocycles. The van der Waals surface area contributed by atoms with Crippen molar-refractivity contribution in [1.29, 1.82) is 0 Å². The van der Waals surface area contributed by atoms with Gasteiger partial charge in [-0.1, -0.05) is 19.1 Å². The maximum atomic E-state index is 12.0. The average molecular weight is 380 g/mol. The second-order valence-electron chi connectivity index (χ2n) is 5.66. The van der Waals surface area contributed by atoms with Crippen molar-refractivity contribution >= 4 is 48.2 Å². The molecule has 3 N–H and O–H groups in total. The van der Waals surface area contributed by atoms with E-state index >= 15 is 0 Å². The third-order valence-electron chi connectivity index (χ3n) is 3.87. The molecule has 0 spiro atoms. The van der Waals surface area contributed by atoms with Crippen LogP contribution >= 0.6 is 36.6 Å². The van der Waals surface area contributed by atoms with Gasteiger partial charge in [0, 0.05) is 49.3 Å². The molecule has 1 fully saturated rings. The molecule has 1 aliphatic rings. The number of aryl methyl sites for hydroxylation is 1. The lowest BCUT2D eigenvalue weighted by molar-refractivity contribution is -0.119. The van der Waals surface area contributed by atoms with Crippen molar-refractivity contribution in [1.82, 2.24) is 4.90 Å². The Labute approximate surface area is 155 Å². The standard InChI is InChI=1S/C16H25N3OS.2ClH/c1-12-3-4-14(11-19-5-7-21-8-6-19)9-15(12)18-16(20)13(2)10-17;;/h3-4,9,13H,5-8,10-11,17H2,1-2H3,(H,18,20);2*1H. The number of rotatable bonds is 5. The van der Waals surface area contributed by atoms with E-state index in [0.717, 1.165) is 30.9 Å². The molecule has 1 aromatic carbocycles. The molecule has 132 valence electrons. The van der Waals surface area contributed by atoms with Crippen LogP contribution in [0, 0.1) is 12.8 Å². The van der Waals surface area contributed by atoms with Gasteiger partial charge in [-0.3, -0.25) is 9.69 Å². The van der Waals surface area contributed by atoms with Gasteiger partial charge in [0.25, 0.3) is 0 Å². The molecule has 23 heavy (non-hydrogen) atoms. The van der Waals surface area contributed by atoms with E-state index in [2.05, 4.69) is 28.4 Å². The molecule has 0 radical (unpaired) electrons. The number of hydrogen-bond acceptors (Lipinski definition) is 4. The Morgan fingerprint density at radius 2 is 2.00 bits per heavy atom. The lowest BCUT2D eigenvalue weighted by atomic mass is 10.1. The molecular weight excluding hydrogens is 353 g/mol. The molecule has 4 nitrogen and oxygen atoms in total. The lowest BCUT2D eigenvalue weighted by Gasteiger charge is -2.26. The number of carbonyl (C=O) groups excluding carboxylic acids is 1. The molecule has 1 aliphatic heterocycles. The van der Waals surface area contributed by atoms with Gasteiger partial charge in [0.15, 0.2) is 0 Å². The summed E-state index contributed by atoms with van der Waals surface area (Å²) in [5.74, 6) is 2.26. The lowest BCUT2D eigenvalue weighted by Crippen LogP contribution is -2.32. The minimum atomic E-state index is -0.160. The smallest absolute Gasteiger partial charge is 0.228 e. The highest BCUT2D eigenvalue weighted by Gasteiger charge is 2.14. The van der Waals surface area contributed by atoms with Crippen molar-refractivity contribution in [2.75, 3.05) is 36.5 Å². The number of thioether (sulfide) groups is 1. The fourth-order valence-corrected chi connectivity index (χ4v) is 3.26. The van der Waals surface area contributed by atoms with Crippen molar-refractivity contribution in [2.45, 2.75) is 20.4 Å². The molecule has 1 aromatic rings. The highest BCUT2D eigenvalue weighted by molar-refractivity contribution is 7.99. The van der Waals surface area contributed by atoms with Gasteiger partial charge in [-0.2, -0.15) is 11.8 Å². The first-order valence-corrected chi connectivity index (χ1v) is 8.66. The summed E-state index contributed by atoms with van der Waals surface area (Å²) in [6, 6.07) is 6.33. The predicted molar refractivity (Wildman–Crippen MR) is 105 cm³/mol. The molecular formula is C16H27Cl2N3OS. The van der Waals surface area contributed by atoms with E-state index in [1.807, 2.05) is 25.6 Å². The van der Waals surface area contributed by atoms with Gasteiger partial charge in [-0.15, -0.1) is 24.8 Å². The SMILES string of the molecule is Cc1ccc(CN2CCSCC2)cc1NC(=O)C(C)CN.Cl.Cl. The zero-order chi connectivity index (χ0) is 15.2. The zero-order valence-electron chi connectivity index (χ0n) is 13.7. The summed E-state index contributed by atoms with van der Waals surface area (Å²) in [5.41, 5.74) is 8.80. The predicted octanol–water partition coefficient (Wildman–Crippen LogP) is 2.92. The topological polar surface area (TPSA) is 58.4 Å². The first kappa shape index (κ1) is 22.5. The number of nitrogens with two attached hydrogens (primary N) is 1. The zero-order valence-corrected chi connectivity index (χ0v) is 16.2. The second-order valence-corrected chi connectivity index (χ2v) is 6.89. The number of hydrogen-bond donors (Lipinski definition) is 2. The Morgan fingerprint density at radius 3 is 2.61 bits per heavy atom. The Morgan fingerprint density at radius 1 is 1.35 bits per heavy atom. The van der Waals surface area contributed by atoms with E-state index in [0.29, 0.717) is 6.54 Å². The van der Waals surface area contributed by atoms with E-state index < -0.39 is 0 Å².